The van der Waals surface area contributed by atoms with Crippen molar-refractivity contribution in [2.45, 2.75) is 0 Å². The summed E-state index contributed by atoms with van der Waals surface area (Å²) in [6.45, 7) is 0. The largest absolute Gasteiger partial charge is 0.306 e. The van der Waals surface area contributed by atoms with Gasteiger partial charge in [-0.1, -0.05) is 109 Å². The molecule has 0 unspecified atom stereocenters. The molecule has 0 spiro atoms. The number of rotatable bonds is 3. The number of thiophene rings is 2. The van der Waals surface area contributed by atoms with Crippen LogP contribution < -0.4 is 0 Å². The molecule has 4 aromatic heterocycles. The topological polar surface area (TPSA) is 57.4 Å². The fourth-order valence-corrected chi connectivity index (χ4v) is 11.5. The van der Waals surface area contributed by atoms with E-state index in [1.807, 2.05) is 18.2 Å². The zero-order valence-corrected chi connectivity index (χ0v) is 31.2. The minimum absolute atomic E-state index is 0.576. The summed E-state index contributed by atoms with van der Waals surface area (Å²) in [6, 6.07) is 60.4. The van der Waals surface area contributed by atoms with Gasteiger partial charge in [-0.25, -0.2) is 0 Å². The fourth-order valence-electron chi connectivity index (χ4n) is 8.98. The number of hydrogen-bond donors (Lipinski definition) is 0. The third kappa shape index (κ3) is 4.20. The summed E-state index contributed by atoms with van der Waals surface area (Å²) in [5, 5.41) is 31.0. The van der Waals surface area contributed by atoms with E-state index < -0.39 is 0 Å². The minimum Gasteiger partial charge on any atom is -0.306 e. The number of hydrogen-bond acceptors (Lipinski definition) is 4. The van der Waals surface area contributed by atoms with E-state index in [0.717, 1.165) is 66.1 Å². The van der Waals surface area contributed by atoms with Gasteiger partial charge in [-0.2, -0.15) is 10.5 Å². The summed E-state index contributed by atoms with van der Waals surface area (Å²) < 4.78 is 9.48. The van der Waals surface area contributed by atoms with Crippen molar-refractivity contribution >= 4 is 107 Å². The zero-order valence-electron chi connectivity index (χ0n) is 29.6. The Balaban J connectivity index is 1.30. The van der Waals surface area contributed by atoms with Gasteiger partial charge < -0.3 is 9.13 Å². The average Bonchev–Trinajstić information content (AvgIpc) is 4.01. The second-order valence-corrected chi connectivity index (χ2v) is 16.4. The number of fused-ring (bicyclic) bond motifs is 14. The molecule has 6 heteroatoms. The molecule has 0 aliphatic rings. The maximum absolute atomic E-state index is 11.6. The van der Waals surface area contributed by atoms with Crippen molar-refractivity contribution in [1.29, 1.82) is 10.5 Å². The Morgan fingerprint density at radius 1 is 0.393 bits per heavy atom. The van der Waals surface area contributed by atoms with Crippen molar-refractivity contribution in [2.24, 2.45) is 0 Å². The van der Waals surface area contributed by atoms with E-state index in [4.69, 9.17) is 0 Å². The lowest BCUT2D eigenvalue weighted by atomic mass is 9.98. The molecule has 8 aromatic carbocycles. The van der Waals surface area contributed by atoms with Crippen LogP contribution in [0, 0.1) is 22.7 Å². The SMILES string of the molecule is N#Cc1cccc(-c2cc(-n3c4ccccc4c4ccc5c6ccccc6sc5c43)c(C#N)c(-n3c4ccccc4c4ccc5c6ccccc6sc5c43)c2)c1. The normalized spacial score (nSPS) is 11.9. The molecule has 0 radical (unpaired) electrons. The molecule has 4 nitrogen and oxygen atoms in total. The van der Waals surface area contributed by atoms with Crippen LogP contribution in [-0.2, 0) is 0 Å². The maximum atomic E-state index is 11.6. The minimum atomic E-state index is 0.576. The first-order valence-electron chi connectivity index (χ1n) is 18.5. The first-order chi connectivity index (χ1) is 27.7. The molecule has 4 heterocycles. The predicted octanol–water partition coefficient (Wildman–Crippen LogP) is 14.0. The third-order valence-corrected chi connectivity index (χ3v) is 13.8. The van der Waals surface area contributed by atoms with Crippen molar-refractivity contribution in [3.63, 3.8) is 0 Å². The molecule has 0 fully saturated rings. The summed E-state index contributed by atoms with van der Waals surface area (Å²) in [4.78, 5) is 0. The number of benzene rings is 8. The maximum Gasteiger partial charge on any atom is 0.104 e. The molecule has 0 N–H and O–H groups in total. The van der Waals surface area contributed by atoms with Crippen LogP contribution in [0.5, 0.6) is 0 Å². The number of nitrogens with zero attached hydrogens (tertiary/aromatic N) is 4. The van der Waals surface area contributed by atoms with E-state index in [1.165, 1.54) is 40.3 Å². The van der Waals surface area contributed by atoms with Crippen LogP contribution in [0.15, 0.2) is 158 Å². The van der Waals surface area contributed by atoms with E-state index >= 15 is 0 Å². The first kappa shape index (κ1) is 31.2. The highest BCUT2D eigenvalue weighted by Crippen LogP contribution is 2.47. The van der Waals surface area contributed by atoms with Crippen LogP contribution in [-0.4, -0.2) is 9.13 Å². The molecule has 258 valence electrons. The van der Waals surface area contributed by atoms with E-state index in [9.17, 15) is 10.5 Å². The van der Waals surface area contributed by atoms with Gasteiger partial charge >= 0.3 is 0 Å². The van der Waals surface area contributed by atoms with Gasteiger partial charge in [0.1, 0.15) is 11.6 Å². The number of aromatic nitrogens is 2. The molecule has 0 saturated heterocycles. The van der Waals surface area contributed by atoms with Gasteiger partial charge in [-0.15, -0.1) is 22.7 Å². The summed E-state index contributed by atoms with van der Waals surface area (Å²) in [6.07, 6.45) is 0. The van der Waals surface area contributed by atoms with E-state index in [2.05, 4.69) is 161 Å². The second-order valence-electron chi connectivity index (χ2n) is 14.3. The van der Waals surface area contributed by atoms with Gasteiger partial charge in [-0.05, 0) is 59.7 Å². The van der Waals surface area contributed by atoms with E-state index in [0.29, 0.717) is 11.1 Å². The van der Waals surface area contributed by atoms with Crippen LogP contribution in [0.3, 0.4) is 0 Å². The Hall–Kier alpha value is -7.22. The van der Waals surface area contributed by atoms with Crippen LogP contribution in [0.4, 0.5) is 0 Å². The van der Waals surface area contributed by atoms with E-state index in [1.54, 1.807) is 22.7 Å². The lowest BCUT2D eigenvalue weighted by molar-refractivity contribution is 1.12. The molecule has 0 amide bonds. The van der Waals surface area contributed by atoms with Crippen LogP contribution >= 0.6 is 22.7 Å². The highest BCUT2D eigenvalue weighted by molar-refractivity contribution is 7.27. The summed E-state index contributed by atoms with van der Waals surface area (Å²) >= 11 is 3.60. The Labute approximate surface area is 328 Å². The molecular formula is C50H26N4S2. The lowest BCUT2D eigenvalue weighted by Gasteiger charge is -2.19. The molecule has 0 aliphatic carbocycles. The molecule has 12 rings (SSSR count). The lowest BCUT2D eigenvalue weighted by Crippen LogP contribution is -2.05. The summed E-state index contributed by atoms with van der Waals surface area (Å²) in [5.74, 6) is 0. The second kappa shape index (κ2) is 11.6. The van der Waals surface area contributed by atoms with Gasteiger partial charge in [0.15, 0.2) is 0 Å². The van der Waals surface area contributed by atoms with Crippen LogP contribution in [0.25, 0.3) is 106 Å². The average molecular weight is 747 g/mol. The van der Waals surface area contributed by atoms with Crippen LogP contribution in [0.1, 0.15) is 11.1 Å². The smallest absolute Gasteiger partial charge is 0.104 e. The van der Waals surface area contributed by atoms with Gasteiger partial charge in [-0.3, -0.25) is 0 Å². The van der Waals surface area contributed by atoms with Crippen molar-refractivity contribution in [1.82, 2.24) is 9.13 Å². The molecule has 0 atom stereocenters. The van der Waals surface area contributed by atoms with Crippen LogP contribution in [0.2, 0.25) is 0 Å². The Bertz CT molecular complexity index is 3540. The number of para-hydroxylation sites is 2. The van der Waals surface area contributed by atoms with Gasteiger partial charge in [0.2, 0.25) is 0 Å². The van der Waals surface area contributed by atoms with Crippen molar-refractivity contribution in [3.05, 3.63) is 169 Å². The molecule has 12 aromatic rings. The van der Waals surface area contributed by atoms with Crippen molar-refractivity contribution < 1.29 is 0 Å². The van der Waals surface area contributed by atoms with Gasteiger partial charge in [0.25, 0.3) is 0 Å². The summed E-state index contributed by atoms with van der Waals surface area (Å²) in [7, 11) is 0. The van der Waals surface area contributed by atoms with Gasteiger partial charge in [0, 0.05) is 52.5 Å². The molecule has 56 heavy (non-hydrogen) atoms. The first-order valence-corrected chi connectivity index (χ1v) is 20.1. The molecular weight excluding hydrogens is 721 g/mol. The standard InChI is InChI=1S/C50H26N4S2/c51-27-29-10-9-11-30(24-29)31-25-43(53-41-16-5-1-12-32(41)36-20-22-38-34-14-3-7-18-45(34)55-49(38)47(36)53)40(28-52)44(26-31)54-42-17-6-2-13-33(42)37-21-23-39-35-15-4-8-19-46(35)56-50(39)48(37)54/h1-26H. The molecule has 0 bridgehead atoms. The van der Waals surface area contributed by atoms with Gasteiger partial charge in [0.05, 0.1) is 54.5 Å². The molecule has 0 saturated carbocycles. The van der Waals surface area contributed by atoms with Crippen molar-refractivity contribution in [2.75, 3.05) is 0 Å². The fraction of sp³-hybridized carbons (Fsp3) is 0. The third-order valence-electron chi connectivity index (χ3n) is 11.4. The Morgan fingerprint density at radius 2 is 0.875 bits per heavy atom. The Kier molecular flexibility index (Phi) is 6.48. The summed E-state index contributed by atoms with van der Waals surface area (Å²) in [5.41, 5.74) is 8.84. The monoisotopic (exact) mass is 746 g/mol. The highest BCUT2D eigenvalue weighted by atomic mass is 32.1. The predicted molar refractivity (Wildman–Crippen MR) is 236 cm³/mol. The quantitative estimate of drug-likeness (QED) is 0.181. The zero-order chi connectivity index (χ0) is 37.1. The molecule has 0 aliphatic heterocycles. The van der Waals surface area contributed by atoms with E-state index in [-0.39, 0.29) is 0 Å². The van der Waals surface area contributed by atoms with Crippen molar-refractivity contribution in [3.8, 4) is 34.6 Å². The Morgan fingerprint density at radius 3 is 1.39 bits per heavy atom. The highest BCUT2D eigenvalue weighted by Gasteiger charge is 2.25. The number of nitriles is 2.